The summed E-state index contributed by atoms with van der Waals surface area (Å²) in [7, 11) is 5.49. The number of aromatic nitrogens is 2. The quantitative estimate of drug-likeness (QED) is 0.835. The summed E-state index contributed by atoms with van der Waals surface area (Å²) in [6.07, 6.45) is 0. The number of hydrogen-bond donors (Lipinski definition) is 0. The Bertz CT molecular complexity index is 727. The molecule has 0 saturated heterocycles. The van der Waals surface area contributed by atoms with Crippen LogP contribution in [0.15, 0.2) is 39.9 Å². The summed E-state index contributed by atoms with van der Waals surface area (Å²) in [4.78, 5) is 26.9. The first-order chi connectivity index (χ1) is 9.43. The first-order valence-electron chi connectivity index (χ1n) is 6.45. The minimum atomic E-state index is -0.318. The van der Waals surface area contributed by atoms with Gasteiger partial charge in [0.25, 0.3) is 5.56 Å². The second kappa shape index (κ2) is 5.46. The van der Waals surface area contributed by atoms with E-state index in [0.717, 1.165) is 0 Å². The van der Waals surface area contributed by atoms with Gasteiger partial charge in [0.2, 0.25) is 0 Å². The van der Waals surface area contributed by atoms with Gasteiger partial charge in [-0.15, -0.1) is 0 Å². The van der Waals surface area contributed by atoms with E-state index in [1.807, 2.05) is 37.2 Å². The number of rotatable bonds is 3. The van der Waals surface area contributed by atoms with Gasteiger partial charge in [-0.2, -0.15) is 0 Å². The van der Waals surface area contributed by atoms with Crippen molar-refractivity contribution in [1.82, 2.24) is 14.0 Å². The lowest BCUT2D eigenvalue weighted by molar-refractivity contribution is 0.395. The average molecular weight is 273 g/mol. The predicted octanol–water partition coefficient (Wildman–Crippen LogP) is 0.906. The van der Waals surface area contributed by atoms with E-state index in [4.69, 9.17) is 0 Å². The molecule has 0 aliphatic heterocycles. The third-order valence-corrected chi connectivity index (χ3v) is 3.37. The van der Waals surface area contributed by atoms with Crippen LogP contribution in [0.4, 0.5) is 0 Å². The van der Waals surface area contributed by atoms with Crippen LogP contribution in [0.2, 0.25) is 0 Å². The molecule has 0 bridgehead atoms. The van der Waals surface area contributed by atoms with Gasteiger partial charge in [-0.3, -0.25) is 4.79 Å². The van der Waals surface area contributed by atoms with Gasteiger partial charge in [0.1, 0.15) is 0 Å². The number of nitrogens with zero attached hydrogens (tertiary/aromatic N) is 3. The Morgan fingerprint density at radius 1 is 1.10 bits per heavy atom. The molecular formula is C15H19N3O2. The number of para-hydroxylation sites is 1. The highest BCUT2D eigenvalue weighted by Crippen LogP contribution is 2.06. The minimum Gasteiger partial charge on any atom is -0.305 e. The molecular weight excluding hydrogens is 254 g/mol. The Labute approximate surface area is 117 Å². The monoisotopic (exact) mass is 273 g/mol. The topological polar surface area (TPSA) is 47.2 Å². The van der Waals surface area contributed by atoms with Gasteiger partial charge >= 0.3 is 5.69 Å². The van der Waals surface area contributed by atoms with Gasteiger partial charge in [-0.05, 0) is 33.2 Å². The van der Waals surface area contributed by atoms with Crippen molar-refractivity contribution in [2.24, 2.45) is 7.05 Å². The molecule has 2 rings (SSSR count). The van der Waals surface area contributed by atoms with Crippen molar-refractivity contribution < 1.29 is 0 Å². The maximum atomic E-state index is 12.6. The second-order valence-electron chi connectivity index (χ2n) is 5.12. The molecule has 0 N–H and O–H groups in total. The fourth-order valence-electron chi connectivity index (χ4n) is 2.18. The molecule has 0 aliphatic carbocycles. The van der Waals surface area contributed by atoms with Gasteiger partial charge in [-0.25, -0.2) is 9.36 Å². The summed E-state index contributed by atoms with van der Waals surface area (Å²) in [5.41, 5.74) is 1.38. The smallest absolute Gasteiger partial charge is 0.305 e. The summed E-state index contributed by atoms with van der Waals surface area (Å²) in [5, 5.41) is 0. The van der Waals surface area contributed by atoms with Gasteiger partial charge in [0, 0.05) is 19.3 Å². The van der Waals surface area contributed by atoms with E-state index >= 15 is 0 Å². The van der Waals surface area contributed by atoms with Crippen LogP contribution >= 0.6 is 0 Å². The van der Waals surface area contributed by atoms with Crippen molar-refractivity contribution in [2.75, 3.05) is 14.1 Å². The molecule has 0 amide bonds. The Kier molecular flexibility index (Phi) is 3.90. The lowest BCUT2D eigenvalue weighted by atomic mass is 10.2. The zero-order valence-corrected chi connectivity index (χ0v) is 12.3. The van der Waals surface area contributed by atoms with Crippen molar-refractivity contribution in [3.05, 3.63) is 62.4 Å². The molecule has 1 heterocycles. The van der Waals surface area contributed by atoms with Crippen LogP contribution in [0.25, 0.3) is 5.69 Å². The van der Waals surface area contributed by atoms with E-state index in [2.05, 4.69) is 0 Å². The van der Waals surface area contributed by atoms with E-state index in [9.17, 15) is 9.59 Å². The van der Waals surface area contributed by atoms with Crippen LogP contribution in [0.3, 0.4) is 0 Å². The van der Waals surface area contributed by atoms with Crippen LogP contribution in [0.5, 0.6) is 0 Å². The minimum absolute atomic E-state index is 0.245. The van der Waals surface area contributed by atoms with Crippen molar-refractivity contribution >= 4 is 0 Å². The Morgan fingerprint density at radius 3 is 2.25 bits per heavy atom. The molecule has 2 aromatic rings. The molecule has 5 heteroatoms. The van der Waals surface area contributed by atoms with Crippen molar-refractivity contribution in [1.29, 1.82) is 0 Å². The summed E-state index contributed by atoms with van der Waals surface area (Å²) in [6, 6.07) is 9.00. The van der Waals surface area contributed by atoms with Crippen molar-refractivity contribution in [2.45, 2.75) is 13.5 Å². The maximum absolute atomic E-state index is 12.6. The summed E-state index contributed by atoms with van der Waals surface area (Å²) in [5.74, 6) is 0. The Morgan fingerprint density at radius 2 is 1.70 bits per heavy atom. The molecule has 20 heavy (non-hydrogen) atoms. The van der Waals surface area contributed by atoms with Crippen molar-refractivity contribution in [3.63, 3.8) is 0 Å². The molecule has 0 spiro atoms. The molecule has 1 aromatic carbocycles. The molecule has 5 nitrogen and oxygen atoms in total. The van der Waals surface area contributed by atoms with Crippen LogP contribution in [-0.4, -0.2) is 28.1 Å². The predicted molar refractivity (Wildman–Crippen MR) is 79.4 cm³/mol. The summed E-state index contributed by atoms with van der Waals surface area (Å²) < 4.78 is 2.75. The standard InChI is InChI=1S/C15H19N3O2/c1-11-13(10-16(2)3)14(19)18(15(20)17(11)4)12-8-6-5-7-9-12/h5-9H,10H2,1-4H3. The maximum Gasteiger partial charge on any atom is 0.335 e. The second-order valence-corrected chi connectivity index (χ2v) is 5.12. The van der Waals surface area contributed by atoms with E-state index in [0.29, 0.717) is 23.5 Å². The highest BCUT2D eigenvalue weighted by Gasteiger charge is 2.15. The van der Waals surface area contributed by atoms with Crippen LogP contribution in [0.1, 0.15) is 11.3 Å². The first kappa shape index (κ1) is 14.3. The molecule has 0 fully saturated rings. The molecule has 0 aliphatic rings. The molecule has 106 valence electrons. The Balaban J connectivity index is 2.79. The molecule has 0 atom stereocenters. The molecule has 0 unspecified atom stereocenters. The molecule has 0 radical (unpaired) electrons. The lowest BCUT2D eigenvalue weighted by Gasteiger charge is -2.16. The molecule has 1 aromatic heterocycles. The van der Waals surface area contributed by atoms with Crippen LogP contribution in [0, 0.1) is 6.92 Å². The fraction of sp³-hybridized carbons (Fsp3) is 0.333. The van der Waals surface area contributed by atoms with Crippen LogP contribution in [-0.2, 0) is 13.6 Å². The zero-order valence-electron chi connectivity index (χ0n) is 12.3. The zero-order chi connectivity index (χ0) is 14.9. The number of hydrogen-bond acceptors (Lipinski definition) is 3. The first-order valence-corrected chi connectivity index (χ1v) is 6.45. The van der Waals surface area contributed by atoms with Gasteiger partial charge in [-0.1, -0.05) is 18.2 Å². The third kappa shape index (κ3) is 2.44. The Hall–Kier alpha value is -2.14. The molecule has 0 saturated carbocycles. The van der Waals surface area contributed by atoms with E-state index < -0.39 is 0 Å². The average Bonchev–Trinajstić information content (AvgIpc) is 2.42. The third-order valence-electron chi connectivity index (χ3n) is 3.37. The summed E-state index contributed by atoms with van der Waals surface area (Å²) >= 11 is 0. The summed E-state index contributed by atoms with van der Waals surface area (Å²) in [6.45, 7) is 2.31. The SMILES string of the molecule is Cc1c(CN(C)C)c(=O)n(-c2ccccc2)c(=O)n1C. The van der Waals surface area contributed by atoms with E-state index in [1.54, 1.807) is 26.1 Å². The largest absolute Gasteiger partial charge is 0.335 e. The fourth-order valence-corrected chi connectivity index (χ4v) is 2.18. The normalized spacial score (nSPS) is 11.1. The van der Waals surface area contributed by atoms with Crippen molar-refractivity contribution in [3.8, 4) is 5.69 Å². The van der Waals surface area contributed by atoms with E-state index in [1.165, 1.54) is 9.13 Å². The number of benzene rings is 1. The van der Waals surface area contributed by atoms with E-state index in [-0.39, 0.29) is 11.2 Å². The highest BCUT2D eigenvalue weighted by atomic mass is 16.2. The highest BCUT2D eigenvalue weighted by molar-refractivity contribution is 5.33. The van der Waals surface area contributed by atoms with Crippen LogP contribution < -0.4 is 11.2 Å². The van der Waals surface area contributed by atoms with Gasteiger partial charge in [0.05, 0.1) is 11.3 Å². The van der Waals surface area contributed by atoms with Gasteiger partial charge in [0.15, 0.2) is 0 Å². The van der Waals surface area contributed by atoms with Gasteiger partial charge < -0.3 is 9.47 Å². The lowest BCUT2D eigenvalue weighted by Crippen LogP contribution is -2.42.